The Morgan fingerprint density at radius 2 is 2.21 bits per heavy atom. The molecule has 0 unspecified atom stereocenters. The third kappa shape index (κ3) is 3.56. The Labute approximate surface area is 118 Å². The molecule has 5 heteroatoms. The highest BCUT2D eigenvalue weighted by atomic mass is 32.2. The van der Waals surface area contributed by atoms with Crippen molar-refractivity contribution in [1.29, 1.82) is 0 Å². The maximum atomic E-state index is 11.8. The quantitative estimate of drug-likeness (QED) is 0.656. The number of nitrogens with two attached hydrogens (primary N) is 1. The van der Waals surface area contributed by atoms with Gasteiger partial charge in [-0.25, -0.2) is 4.79 Å². The molecule has 0 amide bonds. The van der Waals surface area contributed by atoms with E-state index in [-0.39, 0.29) is 5.97 Å². The molecule has 2 rings (SSSR count). The number of anilines is 2. The lowest BCUT2D eigenvalue weighted by Crippen LogP contribution is -2.25. The summed E-state index contributed by atoms with van der Waals surface area (Å²) in [6, 6.07) is 5.90. The fraction of sp³-hybridized carbons (Fsp3) is 0.500. The third-order valence-corrected chi connectivity index (χ3v) is 4.23. The van der Waals surface area contributed by atoms with Crippen LogP contribution in [0.25, 0.3) is 0 Å². The highest BCUT2D eigenvalue weighted by Gasteiger charge is 2.17. The maximum Gasteiger partial charge on any atom is 0.340 e. The van der Waals surface area contributed by atoms with Gasteiger partial charge in [0.2, 0.25) is 0 Å². The smallest absolute Gasteiger partial charge is 0.340 e. The first-order valence-electron chi connectivity index (χ1n) is 6.62. The number of hydrogen-bond donors (Lipinski definition) is 2. The van der Waals surface area contributed by atoms with Gasteiger partial charge in [0, 0.05) is 6.04 Å². The van der Waals surface area contributed by atoms with Crippen molar-refractivity contribution in [2.45, 2.75) is 25.8 Å². The number of rotatable bonds is 4. The first-order valence-corrected chi connectivity index (χ1v) is 7.77. The molecule has 1 fully saturated rings. The van der Waals surface area contributed by atoms with Gasteiger partial charge in [0.25, 0.3) is 0 Å². The molecule has 4 nitrogen and oxygen atoms in total. The highest BCUT2D eigenvalue weighted by Crippen LogP contribution is 2.27. The number of benzene rings is 1. The van der Waals surface area contributed by atoms with E-state index in [9.17, 15) is 4.79 Å². The predicted molar refractivity (Wildman–Crippen MR) is 80.8 cm³/mol. The number of para-hydroxylation sites is 1. The average Bonchev–Trinajstić information content (AvgIpc) is 2.42. The molecule has 19 heavy (non-hydrogen) atoms. The van der Waals surface area contributed by atoms with Crippen molar-refractivity contribution in [3.8, 4) is 0 Å². The maximum absolute atomic E-state index is 11.8. The lowest BCUT2D eigenvalue weighted by Gasteiger charge is -2.24. The Balaban J connectivity index is 2.12. The van der Waals surface area contributed by atoms with Crippen LogP contribution in [0.2, 0.25) is 0 Å². The van der Waals surface area contributed by atoms with Crippen LogP contribution in [0.5, 0.6) is 0 Å². The molecule has 1 aromatic carbocycles. The number of nitrogens with one attached hydrogen (secondary N) is 1. The molecule has 0 saturated carbocycles. The summed E-state index contributed by atoms with van der Waals surface area (Å²) in [5, 5.41) is 3.44. The van der Waals surface area contributed by atoms with E-state index in [1.54, 1.807) is 13.0 Å². The number of esters is 1. The van der Waals surface area contributed by atoms with Crippen molar-refractivity contribution in [2.75, 3.05) is 29.2 Å². The summed E-state index contributed by atoms with van der Waals surface area (Å²) in [5.74, 6) is 1.99. The topological polar surface area (TPSA) is 64.3 Å². The predicted octanol–water partition coefficient (Wildman–Crippen LogP) is 2.75. The lowest BCUT2D eigenvalue weighted by molar-refractivity contribution is 0.0527. The van der Waals surface area contributed by atoms with Crippen LogP contribution < -0.4 is 11.1 Å². The first-order chi connectivity index (χ1) is 9.22. The number of carbonyl (C=O) groups is 1. The number of ether oxygens (including phenoxy) is 1. The Bertz CT molecular complexity index is 445. The largest absolute Gasteiger partial charge is 0.462 e. The molecule has 104 valence electrons. The van der Waals surface area contributed by atoms with Crippen molar-refractivity contribution < 1.29 is 9.53 Å². The van der Waals surface area contributed by atoms with Crippen LogP contribution in [0.4, 0.5) is 11.4 Å². The van der Waals surface area contributed by atoms with Crippen molar-refractivity contribution in [3.05, 3.63) is 23.8 Å². The summed E-state index contributed by atoms with van der Waals surface area (Å²) in [7, 11) is 0. The first kappa shape index (κ1) is 14.1. The summed E-state index contributed by atoms with van der Waals surface area (Å²) in [4.78, 5) is 11.8. The minimum Gasteiger partial charge on any atom is -0.462 e. The second-order valence-electron chi connectivity index (χ2n) is 4.52. The van der Waals surface area contributed by atoms with Crippen LogP contribution in [0, 0.1) is 0 Å². The Kier molecular flexibility index (Phi) is 4.96. The van der Waals surface area contributed by atoms with Crippen LogP contribution >= 0.6 is 11.8 Å². The molecular weight excluding hydrogens is 260 g/mol. The minimum atomic E-state index is -0.358. The van der Waals surface area contributed by atoms with Gasteiger partial charge in [0.05, 0.1) is 23.5 Å². The van der Waals surface area contributed by atoms with Crippen LogP contribution in [0.1, 0.15) is 30.1 Å². The van der Waals surface area contributed by atoms with Crippen LogP contribution in [0.3, 0.4) is 0 Å². The van der Waals surface area contributed by atoms with Crippen molar-refractivity contribution >= 4 is 29.1 Å². The molecule has 0 atom stereocenters. The number of carbonyl (C=O) groups excluding carboxylic acids is 1. The second-order valence-corrected chi connectivity index (χ2v) is 5.74. The summed E-state index contributed by atoms with van der Waals surface area (Å²) in [6.07, 6.45) is 2.27. The van der Waals surface area contributed by atoms with E-state index < -0.39 is 0 Å². The molecule has 0 aromatic heterocycles. The van der Waals surface area contributed by atoms with E-state index >= 15 is 0 Å². The van der Waals surface area contributed by atoms with E-state index in [1.807, 2.05) is 23.9 Å². The number of hydrogen-bond acceptors (Lipinski definition) is 5. The summed E-state index contributed by atoms with van der Waals surface area (Å²) < 4.78 is 5.00. The molecule has 1 aromatic rings. The zero-order valence-electron chi connectivity index (χ0n) is 11.1. The summed E-state index contributed by atoms with van der Waals surface area (Å²) >= 11 is 1.98. The molecule has 0 aliphatic carbocycles. The third-order valence-electron chi connectivity index (χ3n) is 3.18. The van der Waals surface area contributed by atoms with Crippen LogP contribution in [-0.2, 0) is 4.74 Å². The van der Waals surface area contributed by atoms with Gasteiger partial charge in [-0.15, -0.1) is 0 Å². The van der Waals surface area contributed by atoms with Gasteiger partial charge >= 0.3 is 5.97 Å². The van der Waals surface area contributed by atoms with Gasteiger partial charge in [-0.1, -0.05) is 6.07 Å². The molecule has 1 aliphatic rings. The van der Waals surface area contributed by atoms with Crippen LogP contribution in [-0.4, -0.2) is 30.1 Å². The Hall–Kier alpha value is -1.36. The summed E-state index contributed by atoms with van der Waals surface area (Å²) in [5.41, 5.74) is 7.83. The van der Waals surface area contributed by atoms with E-state index in [4.69, 9.17) is 10.5 Å². The number of thioether (sulfide) groups is 1. The van der Waals surface area contributed by atoms with E-state index in [0.29, 0.717) is 23.9 Å². The molecule has 1 aliphatic heterocycles. The molecule has 0 radical (unpaired) electrons. The number of nitrogen functional groups attached to an aromatic ring is 1. The van der Waals surface area contributed by atoms with Gasteiger partial charge in [-0.2, -0.15) is 11.8 Å². The van der Waals surface area contributed by atoms with Crippen molar-refractivity contribution in [3.63, 3.8) is 0 Å². The minimum absolute atomic E-state index is 0.357. The van der Waals surface area contributed by atoms with E-state index in [1.165, 1.54) is 11.5 Å². The summed E-state index contributed by atoms with van der Waals surface area (Å²) in [6.45, 7) is 2.14. The monoisotopic (exact) mass is 280 g/mol. The van der Waals surface area contributed by atoms with Gasteiger partial charge in [-0.05, 0) is 43.4 Å². The second kappa shape index (κ2) is 6.70. The fourth-order valence-corrected chi connectivity index (χ4v) is 3.25. The van der Waals surface area contributed by atoms with Crippen LogP contribution in [0.15, 0.2) is 18.2 Å². The Morgan fingerprint density at radius 3 is 2.89 bits per heavy atom. The highest BCUT2D eigenvalue weighted by molar-refractivity contribution is 7.99. The van der Waals surface area contributed by atoms with E-state index in [2.05, 4.69) is 5.32 Å². The van der Waals surface area contributed by atoms with E-state index in [0.717, 1.165) is 18.5 Å². The van der Waals surface area contributed by atoms with Gasteiger partial charge in [0.1, 0.15) is 0 Å². The Morgan fingerprint density at radius 1 is 1.47 bits per heavy atom. The van der Waals surface area contributed by atoms with Gasteiger partial charge < -0.3 is 15.8 Å². The average molecular weight is 280 g/mol. The van der Waals surface area contributed by atoms with Gasteiger partial charge in [0.15, 0.2) is 0 Å². The lowest BCUT2D eigenvalue weighted by atomic mass is 10.1. The standard InChI is InChI=1S/C14H20N2O2S/c1-2-18-14(17)11-4-3-5-12(13(11)15)16-10-6-8-19-9-7-10/h3-5,10,16H,2,6-9,15H2,1H3. The fourth-order valence-electron chi connectivity index (χ4n) is 2.14. The molecule has 1 saturated heterocycles. The molecule has 0 spiro atoms. The van der Waals surface area contributed by atoms with Crippen molar-refractivity contribution in [1.82, 2.24) is 0 Å². The molecule has 0 bridgehead atoms. The molecule has 1 heterocycles. The molecular formula is C14H20N2O2S. The SMILES string of the molecule is CCOC(=O)c1cccc(NC2CCSCC2)c1N. The zero-order valence-corrected chi connectivity index (χ0v) is 12.0. The normalized spacial score (nSPS) is 16.1. The zero-order chi connectivity index (χ0) is 13.7. The molecule has 3 N–H and O–H groups in total. The van der Waals surface area contributed by atoms with Gasteiger partial charge in [-0.3, -0.25) is 0 Å². The van der Waals surface area contributed by atoms with Crippen molar-refractivity contribution in [2.24, 2.45) is 0 Å².